The topological polar surface area (TPSA) is 83.7 Å². The predicted molar refractivity (Wildman–Crippen MR) is 100 cm³/mol. The van der Waals surface area contributed by atoms with Gasteiger partial charge < -0.3 is 14.2 Å². The molecule has 7 heteroatoms. The fraction of sp³-hybridized carbons (Fsp3) is 0.429. The lowest BCUT2D eigenvalue weighted by atomic mass is 9.72. The zero-order valence-electron chi connectivity index (χ0n) is 15.7. The Balaban J connectivity index is 1.38. The zero-order chi connectivity index (χ0) is 19.6. The lowest BCUT2D eigenvalue weighted by Crippen LogP contribution is -2.52. The van der Waals surface area contributed by atoms with Gasteiger partial charge in [-0.05, 0) is 48.9 Å². The minimum absolute atomic E-state index is 0.00714. The van der Waals surface area contributed by atoms with Gasteiger partial charge in [-0.15, -0.1) is 0 Å². The summed E-state index contributed by atoms with van der Waals surface area (Å²) in [6.45, 7) is 2.24. The summed E-state index contributed by atoms with van der Waals surface area (Å²) in [4.78, 5) is 44.9. The number of hydrogen-bond acceptors (Lipinski definition) is 5. The normalized spacial score (nSPS) is 19.1. The van der Waals surface area contributed by atoms with Crippen LogP contribution in [0.15, 0.2) is 47.2 Å². The maximum Gasteiger partial charge on any atom is 0.298 e. The van der Waals surface area contributed by atoms with E-state index in [0.29, 0.717) is 32.6 Å². The summed E-state index contributed by atoms with van der Waals surface area (Å²) in [6.07, 6.45) is 6.05. The molecule has 0 N–H and O–H groups in total. The van der Waals surface area contributed by atoms with Crippen molar-refractivity contribution < 1.29 is 18.8 Å². The highest BCUT2D eigenvalue weighted by atomic mass is 16.3. The zero-order valence-corrected chi connectivity index (χ0v) is 15.7. The maximum absolute atomic E-state index is 12.5. The number of carbonyl (C=O) groups excluding carboxylic acids is 3. The average Bonchev–Trinajstić information content (AvgIpc) is 3.26. The third-order valence-corrected chi connectivity index (χ3v) is 5.88. The quantitative estimate of drug-likeness (QED) is 0.599. The van der Waals surface area contributed by atoms with Crippen molar-refractivity contribution in [3.8, 4) is 0 Å². The molecule has 7 nitrogen and oxygen atoms in total. The first-order valence-electron chi connectivity index (χ1n) is 9.61. The molecule has 0 radical (unpaired) electrons. The van der Waals surface area contributed by atoms with Crippen LogP contribution in [0.1, 0.15) is 41.9 Å². The largest absolute Gasteiger partial charge is 0.461 e. The monoisotopic (exact) mass is 381 g/mol. The molecule has 0 bridgehead atoms. The minimum Gasteiger partial charge on any atom is -0.461 e. The minimum atomic E-state index is -0.600. The Kier molecular flexibility index (Phi) is 4.98. The first kappa shape index (κ1) is 18.4. The van der Waals surface area contributed by atoms with Gasteiger partial charge in [0.2, 0.25) is 5.91 Å². The molecule has 4 heterocycles. The fourth-order valence-electron chi connectivity index (χ4n) is 4.18. The number of aromatic nitrogens is 1. The summed E-state index contributed by atoms with van der Waals surface area (Å²) in [5.41, 5.74) is 0.886. The molecule has 2 saturated heterocycles. The second-order valence-electron chi connectivity index (χ2n) is 7.67. The molecule has 2 amide bonds. The van der Waals surface area contributed by atoms with Gasteiger partial charge in [-0.3, -0.25) is 19.4 Å². The van der Waals surface area contributed by atoms with Crippen LogP contribution in [0.25, 0.3) is 0 Å². The SMILES string of the molecule is O=C(C(=O)N1CCC2(CCC(=O)N(Cc3ccccn3)C2)CC1)c1ccco1. The van der Waals surface area contributed by atoms with Gasteiger partial charge in [0, 0.05) is 32.3 Å². The molecule has 0 unspecified atom stereocenters. The molecule has 0 saturated carbocycles. The first-order chi connectivity index (χ1) is 13.6. The van der Waals surface area contributed by atoms with E-state index in [-0.39, 0.29) is 17.1 Å². The van der Waals surface area contributed by atoms with E-state index in [0.717, 1.165) is 25.0 Å². The number of pyridine rings is 1. The van der Waals surface area contributed by atoms with Crippen molar-refractivity contribution in [3.05, 3.63) is 54.2 Å². The Bertz CT molecular complexity index is 855. The molecule has 0 aromatic carbocycles. The predicted octanol–water partition coefficient (Wildman–Crippen LogP) is 2.29. The van der Waals surface area contributed by atoms with Crippen LogP contribution in [0, 0.1) is 5.41 Å². The van der Waals surface area contributed by atoms with Crippen LogP contribution in [-0.2, 0) is 16.1 Å². The van der Waals surface area contributed by atoms with Gasteiger partial charge in [0.15, 0.2) is 5.76 Å². The molecule has 2 aliphatic rings. The Morgan fingerprint density at radius 1 is 1.11 bits per heavy atom. The number of likely N-dealkylation sites (tertiary alicyclic amines) is 2. The Labute approximate surface area is 163 Å². The third kappa shape index (κ3) is 3.69. The van der Waals surface area contributed by atoms with Crippen LogP contribution >= 0.6 is 0 Å². The van der Waals surface area contributed by atoms with Crippen LogP contribution in [0.2, 0.25) is 0 Å². The molecule has 0 aliphatic carbocycles. The van der Waals surface area contributed by atoms with Gasteiger partial charge in [-0.25, -0.2) is 0 Å². The molecule has 1 spiro atoms. The van der Waals surface area contributed by atoms with Gasteiger partial charge in [0.25, 0.3) is 11.7 Å². The van der Waals surface area contributed by atoms with Crippen molar-refractivity contribution in [2.24, 2.45) is 5.41 Å². The van der Waals surface area contributed by atoms with Crippen LogP contribution in [0.5, 0.6) is 0 Å². The van der Waals surface area contributed by atoms with E-state index in [1.54, 1.807) is 17.2 Å². The van der Waals surface area contributed by atoms with E-state index in [1.807, 2.05) is 23.1 Å². The van der Waals surface area contributed by atoms with Gasteiger partial charge in [0.05, 0.1) is 18.5 Å². The molecule has 2 fully saturated rings. The summed E-state index contributed by atoms with van der Waals surface area (Å²) in [5, 5.41) is 0. The van der Waals surface area contributed by atoms with Crippen molar-refractivity contribution in [1.29, 1.82) is 0 Å². The van der Waals surface area contributed by atoms with E-state index in [9.17, 15) is 14.4 Å². The van der Waals surface area contributed by atoms with Crippen LogP contribution in [-0.4, -0.2) is 52.0 Å². The molecular weight excluding hydrogens is 358 g/mol. The van der Waals surface area contributed by atoms with Crippen molar-refractivity contribution in [3.63, 3.8) is 0 Å². The van der Waals surface area contributed by atoms with Gasteiger partial charge in [0.1, 0.15) is 0 Å². The molecule has 4 rings (SSSR count). The van der Waals surface area contributed by atoms with E-state index < -0.39 is 11.7 Å². The summed E-state index contributed by atoms with van der Waals surface area (Å²) in [5.74, 6) is -0.878. The summed E-state index contributed by atoms with van der Waals surface area (Å²) in [7, 11) is 0. The molecule has 2 aliphatic heterocycles. The number of carbonyl (C=O) groups is 3. The molecule has 146 valence electrons. The fourth-order valence-corrected chi connectivity index (χ4v) is 4.18. The second-order valence-corrected chi connectivity index (χ2v) is 7.67. The Hall–Kier alpha value is -2.96. The molecule has 2 aromatic heterocycles. The van der Waals surface area contributed by atoms with Crippen LogP contribution in [0.3, 0.4) is 0 Å². The molecule has 28 heavy (non-hydrogen) atoms. The maximum atomic E-state index is 12.5. The standard InChI is InChI=1S/C21H23N3O4/c25-18-6-7-21(15-24(18)14-16-4-1-2-10-22-16)8-11-23(12-9-21)20(27)19(26)17-5-3-13-28-17/h1-5,10,13H,6-9,11-12,14-15H2. The Morgan fingerprint density at radius 3 is 2.61 bits per heavy atom. The number of hydrogen-bond donors (Lipinski definition) is 0. The highest BCUT2D eigenvalue weighted by Crippen LogP contribution is 2.40. The van der Waals surface area contributed by atoms with Crippen LogP contribution in [0.4, 0.5) is 0 Å². The van der Waals surface area contributed by atoms with E-state index in [2.05, 4.69) is 4.98 Å². The highest BCUT2D eigenvalue weighted by molar-refractivity contribution is 6.41. The smallest absolute Gasteiger partial charge is 0.298 e. The van der Waals surface area contributed by atoms with Crippen molar-refractivity contribution in [1.82, 2.24) is 14.8 Å². The number of rotatable bonds is 4. The third-order valence-electron chi connectivity index (χ3n) is 5.88. The average molecular weight is 381 g/mol. The van der Waals surface area contributed by atoms with Crippen molar-refractivity contribution in [2.45, 2.75) is 32.2 Å². The lowest BCUT2D eigenvalue weighted by Gasteiger charge is -2.47. The number of amides is 2. The molecule has 0 atom stereocenters. The second kappa shape index (κ2) is 7.58. The van der Waals surface area contributed by atoms with Gasteiger partial charge >= 0.3 is 0 Å². The summed E-state index contributed by atoms with van der Waals surface area (Å²) < 4.78 is 5.05. The first-order valence-corrected chi connectivity index (χ1v) is 9.61. The lowest BCUT2D eigenvalue weighted by molar-refractivity contribution is -0.142. The van der Waals surface area contributed by atoms with Crippen molar-refractivity contribution in [2.75, 3.05) is 19.6 Å². The van der Waals surface area contributed by atoms with Crippen LogP contribution < -0.4 is 0 Å². The number of piperidine rings is 2. The Morgan fingerprint density at radius 2 is 1.93 bits per heavy atom. The van der Waals surface area contributed by atoms with E-state index >= 15 is 0 Å². The number of ketones is 1. The van der Waals surface area contributed by atoms with E-state index in [4.69, 9.17) is 4.42 Å². The van der Waals surface area contributed by atoms with Gasteiger partial charge in [-0.2, -0.15) is 0 Å². The molecular formula is C21H23N3O4. The van der Waals surface area contributed by atoms with Gasteiger partial charge in [-0.1, -0.05) is 6.07 Å². The summed E-state index contributed by atoms with van der Waals surface area (Å²) in [6, 6.07) is 8.82. The number of Topliss-reactive ketones (excluding diaryl/α,β-unsaturated/α-hetero) is 1. The number of nitrogens with zero attached hydrogens (tertiary/aromatic N) is 3. The van der Waals surface area contributed by atoms with E-state index in [1.165, 1.54) is 12.3 Å². The molecule has 2 aromatic rings. The van der Waals surface area contributed by atoms with Crippen molar-refractivity contribution >= 4 is 17.6 Å². The summed E-state index contributed by atoms with van der Waals surface area (Å²) >= 11 is 0. The number of furan rings is 1. The highest BCUT2D eigenvalue weighted by Gasteiger charge is 2.42.